The molecule has 0 saturated heterocycles. The highest BCUT2D eigenvalue weighted by atomic mass is 19.1. The lowest BCUT2D eigenvalue weighted by molar-refractivity contribution is -0.129. The van der Waals surface area contributed by atoms with E-state index >= 15 is 0 Å². The summed E-state index contributed by atoms with van der Waals surface area (Å²) < 4.78 is 13.8. The molecule has 3 aromatic rings. The average Bonchev–Trinajstić information content (AvgIpc) is 2.81. The van der Waals surface area contributed by atoms with Crippen LogP contribution in [0.1, 0.15) is 30.5 Å². The fourth-order valence-corrected chi connectivity index (χ4v) is 3.60. The van der Waals surface area contributed by atoms with Gasteiger partial charge in [-0.05, 0) is 41.8 Å². The van der Waals surface area contributed by atoms with E-state index in [1.165, 1.54) is 12.1 Å². The lowest BCUT2D eigenvalue weighted by Gasteiger charge is -2.21. The monoisotopic (exact) mass is 349 g/mol. The molecule has 2 aromatic carbocycles. The van der Waals surface area contributed by atoms with Gasteiger partial charge in [-0.25, -0.2) is 4.39 Å². The fourth-order valence-electron chi connectivity index (χ4n) is 3.60. The van der Waals surface area contributed by atoms with Gasteiger partial charge in [0.2, 0.25) is 5.91 Å². The van der Waals surface area contributed by atoms with Gasteiger partial charge in [0.1, 0.15) is 5.82 Å². The minimum Gasteiger partial charge on any atom is -0.378 e. The summed E-state index contributed by atoms with van der Waals surface area (Å²) in [5, 5.41) is 4.65. The minimum atomic E-state index is -0.276. The molecule has 26 heavy (non-hydrogen) atoms. The molecular formula is C21H20FN3O. The maximum atomic E-state index is 13.8. The van der Waals surface area contributed by atoms with Gasteiger partial charge in [-0.3, -0.25) is 9.78 Å². The van der Waals surface area contributed by atoms with Crippen LogP contribution in [0.4, 0.5) is 10.1 Å². The molecule has 4 rings (SSSR count). The number of carbonyl (C=O) groups is 1. The van der Waals surface area contributed by atoms with E-state index in [1.807, 2.05) is 36.4 Å². The average molecular weight is 349 g/mol. The molecule has 2 heterocycles. The third-order valence-electron chi connectivity index (χ3n) is 4.95. The largest absolute Gasteiger partial charge is 0.378 e. The molecule has 0 spiro atoms. The number of rotatable bonds is 2. The van der Waals surface area contributed by atoms with Crippen LogP contribution >= 0.6 is 0 Å². The van der Waals surface area contributed by atoms with Crippen LogP contribution in [0, 0.1) is 5.82 Å². The highest BCUT2D eigenvalue weighted by Crippen LogP contribution is 2.32. The van der Waals surface area contributed by atoms with Gasteiger partial charge in [-0.15, -0.1) is 0 Å². The van der Waals surface area contributed by atoms with Crippen LogP contribution < -0.4 is 5.32 Å². The van der Waals surface area contributed by atoms with Gasteiger partial charge in [0.05, 0.1) is 11.6 Å². The van der Waals surface area contributed by atoms with Crippen LogP contribution in [-0.4, -0.2) is 22.3 Å². The first-order valence-electron chi connectivity index (χ1n) is 8.76. The number of hydrogen-bond acceptors (Lipinski definition) is 3. The van der Waals surface area contributed by atoms with Crippen molar-refractivity contribution in [3.63, 3.8) is 0 Å². The van der Waals surface area contributed by atoms with Crippen molar-refractivity contribution < 1.29 is 9.18 Å². The van der Waals surface area contributed by atoms with Gasteiger partial charge in [0.25, 0.3) is 0 Å². The number of aromatic nitrogens is 1. The van der Waals surface area contributed by atoms with Crippen LogP contribution in [0.5, 0.6) is 0 Å². The van der Waals surface area contributed by atoms with E-state index in [-0.39, 0.29) is 17.8 Å². The second-order valence-corrected chi connectivity index (χ2v) is 6.64. The third kappa shape index (κ3) is 3.12. The Kier molecular flexibility index (Phi) is 4.29. The standard InChI is InChI=1S/C21H20FN3O/c1-14(26)25-11-9-21(17-7-6-16(22)12-15(17)13-25)24-20-8-10-23-19-5-3-2-4-18(19)20/h2-8,10,12,21H,9,11,13H2,1H3,(H,23,24)/t21-/m0/s1. The highest BCUT2D eigenvalue weighted by Gasteiger charge is 2.24. The summed E-state index contributed by atoms with van der Waals surface area (Å²) >= 11 is 0. The van der Waals surface area contributed by atoms with Crippen molar-refractivity contribution >= 4 is 22.5 Å². The predicted octanol–water partition coefficient (Wildman–Crippen LogP) is 4.28. The van der Waals surface area contributed by atoms with E-state index in [1.54, 1.807) is 18.0 Å². The normalized spacial score (nSPS) is 16.8. The Labute approximate surface area is 151 Å². The zero-order valence-electron chi connectivity index (χ0n) is 14.6. The lowest BCUT2D eigenvalue weighted by Crippen LogP contribution is -2.28. The topological polar surface area (TPSA) is 45.2 Å². The lowest BCUT2D eigenvalue weighted by atomic mass is 9.98. The Balaban J connectivity index is 1.73. The second-order valence-electron chi connectivity index (χ2n) is 6.64. The Morgan fingerprint density at radius 2 is 2.08 bits per heavy atom. The van der Waals surface area contributed by atoms with Crippen molar-refractivity contribution in [3.8, 4) is 0 Å². The van der Waals surface area contributed by atoms with Crippen LogP contribution in [0.15, 0.2) is 54.7 Å². The van der Waals surface area contributed by atoms with Crippen molar-refractivity contribution in [2.75, 3.05) is 11.9 Å². The van der Waals surface area contributed by atoms with Crippen LogP contribution in [0.25, 0.3) is 10.9 Å². The summed E-state index contributed by atoms with van der Waals surface area (Å²) in [4.78, 5) is 18.1. The van der Waals surface area contributed by atoms with E-state index in [0.717, 1.165) is 34.1 Å². The van der Waals surface area contributed by atoms with Gasteiger partial charge in [0.15, 0.2) is 0 Å². The first-order valence-corrected chi connectivity index (χ1v) is 8.76. The second kappa shape index (κ2) is 6.75. The number of anilines is 1. The zero-order valence-corrected chi connectivity index (χ0v) is 14.6. The third-order valence-corrected chi connectivity index (χ3v) is 4.95. The minimum absolute atomic E-state index is 0.000700. The van der Waals surface area contributed by atoms with E-state index in [9.17, 15) is 9.18 Å². The van der Waals surface area contributed by atoms with Crippen molar-refractivity contribution in [2.24, 2.45) is 0 Å². The SMILES string of the molecule is CC(=O)N1CC[C@H](Nc2ccnc3ccccc23)c2ccc(F)cc2C1. The number of nitrogens with zero attached hydrogens (tertiary/aromatic N) is 2. The van der Waals surface area contributed by atoms with E-state index in [4.69, 9.17) is 0 Å². The molecule has 1 N–H and O–H groups in total. The summed E-state index contributed by atoms with van der Waals surface area (Å²) in [5.74, 6) is -0.266. The van der Waals surface area contributed by atoms with Crippen LogP contribution in [-0.2, 0) is 11.3 Å². The summed E-state index contributed by atoms with van der Waals surface area (Å²) in [6.07, 6.45) is 2.55. The molecule has 1 aliphatic heterocycles. The number of benzene rings is 2. The number of pyridine rings is 1. The molecular weight excluding hydrogens is 329 g/mol. The Morgan fingerprint density at radius 3 is 2.92 bits per heavy atom. The molecule has 1 amide bonds. The number of halogens is 1. The molecule has 0 bridgehead atoms. The van der Waals surface area contributed by atoms with E-state index in [2.05, 4.69) is 10.3 Å². The molecule has 132 valence electrons. The summed E-state index contributed by atoms with van der Waals surface area (Å²) in [6.45, 7) is 2.63. The van der Waals surface area contributed by atoms with E-state index in [0.29, 0.717) is 13.1 Å². The molecule has 0 aliphatic carbocycles. The number of hydrogen-bond donors (Lipinski definition) is 1. The van der Waals surface area contributed by atoms with Crippen molar-refractivity contribution in [1.29, 1.82) is 0 Å². The molecule has 0 fully saturated rings. The number of nitrogens with one attached hydrogen (secondary N) is 1. The quantitative estimate of drug-likeness (QED) is 0.751. The molecule has 4 nitrogen and oxygen atoms in total. The van der Waals surface area contributed by atoms with Gasteiger partial charge >= 0.3 is 0 Å². The smallest absolute Gasteiger partial charge is 0.219 e. The van der Waals surface area contributed by atoms with Gasteiger partial charge in [0, 0.05) is 37.3 Å². The maximum Gasteiger partial charge on any atom is 0.219 e. The molecule has 1 aromatic heterocycles. The van der Waals surface area contributed by atoms with Crippen LogP contribution in [0.2, 0.25) is 0 Å². The Hall–Kier alpha value is -2.95. The van der Waals surface area contributed by atoms with Crippen molar-refractivity contribution in [3.05, 3.63) is 71.7 Å². The molecule has 5 heteroatoms. The Bertz CT molecular complexity index is 967. The highest BCUT2D eigenvalue weighted by molar-refractivity contribution is 5.91. The molecule has 0 saturated carbocycles. The summed E-state index contributed by atoms with van der Waals surface area (Å²) in [6, 6.07) is 14.8. The van der Waals surface area contributed by atoms with Crippen LogP contribution in [0.3, 0.4) is 0 Å². The Morgan fingerprint density at radius 1 is 1.23 bits per heavy atom. The number of amides is 1. The fraction of sp³-hybridized carbons (Fsp3) is 0.238. The van der Waals surface area contributed by atoms with E-state index < -0.39 is 0 Å². The molecule has 1 atom stereocenters. The van der Waals surface area contributed by atoms with Gasteiger partial charge in [-0.2, -0.15) is 0 Å². The van der Waals surface area contributed by atoms with Gasteiger partial charge < -0.3 is 10.2 Å². The maximum absolute atomic E-state index is 13.8. The van der Waals surface area contributed by atoms with Crippen molar-refractivity contribution in [1.82, 2.24) is 9.88 Å². The molecule has 0 radical (unpaired) electrons. The van der Waals surface area contributed by atoms with Gasteiger partial charge in [-0.1, -0.05) is 24.3 Å². The predicted molar refractivity (Wildman–Crippen MR) is 100 cm³/mol. The van der Waals surface area contributed by atoms with Crippen molar-refractivity contribution in [2.45, 2.75) is 25.9 Å². The summed E-state index contributed by atoms with van der Waals surface area (Å²) in [7, 11) is 0. The molecule has 0 unspecified atom stereocenters. The number of para-hydroxylation sites is 1. The number of carbonyl (C=O) groups excluding carboxylic acids is 1. The zero-order chi connectivity index (χ0) is 18.1. The molecule has 1 aliphatic rings. The number of fused-ring (bicyclic) bond motifs is 2. The summed E-state index contributed by atoms with van der Waals surface area (Å²) in [5.41, 5.74) is 3.81. The first-order chi connectivity index (χ1) is 12.6. The first kappa shape index (κ1) is 16.5.